The first-order valence-corrected chi connectivity index (χ1v) is 4.09. The predicted octanol–water partition coefficient (Wildman–Crippen LogP) is 1.32. The highest BCUT2D eigenvalue weighted by molar-refractivity contribution is 5.80. The number of benzene rings is 1. The average molecular weight is 193 g/mol. The third-order valence-electron chi connectivity index (χ3n) is 2.43. The van der Waals surface area contributed by atoms with E-state index in [1.54, 1.807) is 0 Å². The highest BCUT2D eigenvalue weighted by Crippen LogP contribution is 2.37. The summed E-state index contributed by atoms with van der Waals surface area (Å²) in [5.41, 5.74) is 1.49. The predicted molar refractivity (Wildman–Crippen MR) is 47.2 cm³/mol. The molecule has 2 rings (SSSR count). The fourth-order valence-electron chi connectivity index (χ4n) is 1.64. The van der Waals surface area contributed by atoms with Gasteiger partial charge in [-0.3, -0.25) is 14.9 Å². The van der Waals surface area contributed by atoms with E-state index in [0.29, 0.717) is 12.0 Å². The number of fused-ring (bicyclic) bond motifs is 1. The molecule has 1 unspecified atom stereocenters. The number of aliphatic carboxylic acids is 1. The Bertz CT molecular complexity index is 427. The maximum atomic E-state index is 10.6. The molecular weight excluding hydrogens is 186 g/mol. The van der Waals surface area contributed by atoms with Gasteiger partial charge < -0.3 is 5.11 Å². The Balaban J connectivity index is 2.34. The fourth-order valence-corrected chi connectivity index (χ4v) is 1.64. The van der Waals surface area contributed by atoms with Gasteiger partial charge in [0.05, 0.1) is 10.8 Å². The van der Waals surface area contributed by atoms with Gasteiger partial charge in [-0.25, -0.2) is 0 Å². The summed E-state index contributed by atoms with van der Waals surface area (Å²) in [6.45, 7) is 0. The van der Waals surface area contributed by atoms with Gasteiger partial charge in [-0.15, -0.1) is 0 Å². The highest BCUT2D eigenvalue weighted by Gasteiger charge is 2.33. The molecule has 5 nitrogen and oxygen atoms in total. The van der Waals surface area contributed by atoms with E-state index in [0.717, 1.165) is 5.56 Å². The van der Waals surface area contributed by atoms with E-state index in [4.69, 9.17) is 5.11 Å². The van der Waals surface area contributed by atoms with E-state index < -0.39 is 16.8 Å². The Morgan fingerprint density at radius 2 is 2.29 bits per heavy atom. The summed E-state index contributed by atoms with van der Waals surface area (Å²) in [5.74, 6) is -1.35. The minimum absolute atomic E-state index is 0.0209. The van der Waals surface area contributed by atoms with Crippen LogP contribution in [0.1, 0.15) is 17.0 Å². The molecule has 0 bridgehead atoms. The molecule has 72 valence electrons. The molecule has 0 heterocycles. The number of carbonyl (C=O) groups is 1. The van der Waals surface area contributed by atoms with Crippen LogP contribution >= 0.6 is 0 Å². The molecule has 0 aromatic heterocycles. The Morgan fingerprint density at radius 1 is 1.57 bits per heavy atom. The second-order valence-corrected chi connectivity index (χ2v) is 3.24. The largest absolute Gasteiger partial charge is 0.481 e. The van der Waals surface area contributed by atoms with Crippen LogP contribution in [0.25, 0.3) is 0 Å². The van der Waals surface area contributed by atoms with Crippen molar-refractivity contribution in [3.8, 4) is 0 Å². The monoisotopic (exact) mass is 193 g/mol. The summed E-state index contributed by atoms with van der Waals surface area (Å²) in [7, 11) is 0. The van der Waals surface area contributed by atoms with Crippen molar-refractivity contribution in [2.24, 2.45) is 0 Å². The number of nitro groups is 1. The molecule has 1 aromatic carbocycles. The number of nitrogens with zero attached hydrogens (tertiary/aromatic N) is 1. The van der Waals surface area contributed by atoms with Gasteiger partial charge in [0.25, 0.3) is 5.69 Å². The summed E-state index contributed by atoms with van der Waals surface area (Å²) in [4.78, 5) is 20.5. The van der Waals surface area contributed by atoms with Gasteiger partial charge in [0.15, 0.2) is 0 Å². The van der Waals surface area contributed by atoms with Gasteiger partial charge >= 0.3 is 5.97 Å². The van der Waals surface area contributed by atoms with E-state index in [2.05, 4.69) is 0 Å². The third kappa shape index (κ3) is 1.14. The van der Waals surface area contributed by atoms with Crippen molar-refractivity contribution in [3.63, 3.8) is 0 Å². The van der Waals surface area contributed by atoms with Gasteiger partial charge in [0, 0.05) is 12.1 Å². The van der Waals surface area contributed by atoms with E-state index in [1.807, 2.05) is 0 Å². The zero-order valence-electron chi connectivity index (χ0n) is 7.14. The number of carboxylic acid groups (broad SMARTS) is 1. The van der Waals surface area contributed by atoms with Gasteiger partial charge in [-0.2, -0.15) is 0 Å². The van der Waals surface area contributed by atoms with Crippen LogP contribution < -0.4 is 0 Å². The first kappa shape index (κ1) is 8.68. The summed E-state index contributed by atoms with van der Waals surface area (Å²) in [6.07, 6.45) is 0.395. The van der Waals surface area contributed by atoms with Crippen LogP contribution in [0.4, 0.5) is 5.69 Å². The molecule has 1 N–H and O–H groups in total. The first-order valence-electron chi connectivity index (χ1n) is 4.09. The minimum atomic E-state index is -0.869. The van der Waals surface area contributed by atoms with E-state index in [1.165, 1.54) is 18.2 Å². The van der Waals surface area contributed by atoms with Crippen LogP contribution in [0.15, 0.2) is 18.2 Å². The number of rotatable bonds is 2. The van der Waals surface area contributed by atoms with Crippen molar-refractivity contribution >= 4 is 11.7 Å². The molecule has 0 fully saturated rings. The second kappa shape index (κ2) is 2.80. The molecule has 0 radical (unpaired) electrons. The van der Waals surface area contributed by atoms with Crippen molar-refractivity contribution in [1.82, 2.24) is 0 Å². The van der Waals surface area contributed by atoms with Crippen LogP contribution in [-0.2, 0) is 11.2 Å². The Morgan fingerprint density at radius 3 is 2.79 bits per heavy atom. The SMILES string of the molecule is O=C(O)C1Cc2cc([N+](=O)[O-])ccc21. The Labute approximate surface area is 79.1 Å². The first-order chi connectivity index (χ1) is 6.59. The maximum Gasteiger partial charge on any atom is 0.311 e. The van der Waals surface area contributed by atoms with Crippen molar-refractivity contribution in [2.75, 3.05) is 0 Å². The zero-order valence-corrected chi connectivity index (χ0v) is 7.14. The number of non-ortho nitro benzene ring substituents is 1. The molecule has 0 aliphatic heterocycles. The summed E-state index contributed by atoms with van der Waals surface area (Å²) in [5, 5.41) is 19.1. The van der Waals surface area contributed by atoms with Crippen LogP contribution in [0.2, 0.25) is 0 Å². The number of hydrogen-bond acceptors (Lipinski definition) is 3. The fraction of sp³-hybridized carbons (Fsp3) is 0.222. The van der Waals surface area contributed by atoms with Crippen molar-refractivity contribution in [2.45, 2.75) is 12.3 Å². The molecule has 14 heavy (non-hydrogen) atoms. The van der Waals surface area contributed by atoms with Crippen LogP contribution in [0, 0.1) is 10.1 Å². The van der Waals surface area contributed by atoms with Crippen molar-refractivity contribution in [3.05, 3.63) is 39.4 Å². The molecule has 1 aliphatic carbocycles. The van der Waals surface area contributed by atoms with Crippen molar-refractivity contribution < 1.29 is 14.8 Å². The highest BCUT2D eigenvalue weighted by atomic mass is 16.6. The number of nitro benzene ring substituents is 1. The average Bonchev–Trinajstić information content (AvgIpc) is 2.05. The quantitative estimate of drug-likeness (QED) is 0.567. The van der Waals surface area contributed by atoms with E-state index in [9.17, 15) is 14.9 Å². The lowest BCUT2D eigenvalue weighted by Crippen LogP contribution is -2.24. The van der Waals surface area contributed by atoms with Crippen LogP contribution in [-0.4, -0.2) is 16.0 Å². The molecule has 0 spiro atoms. The number of hydrogen-bond donors (Lipinski definition) is 1. The third-order valence-corrected chi connectivity index (χ3v) is 2.43. The van der Waals surface area contributed by atoms with Gasteiger partial charge in [-0.05, 0) is 17.5 Å². The molecule has 1 aromatic rings. The van der Waals surface area contributed by atoms with Gasteiger partial charge in [0.1, 0.15) is 0 Å². The summed E-state index contributed by atoms with van der Waals surface area (Å²) in [6, 6.07) is 4.30. The lowest BCUT2D eigenvalue weighted by molar-refractivity contribution is -0.385. The van der Waals surface area contributed by atoms with Gasteiger partial charge in [0.2, 0.25) is 0 Å². The topological polar surface area (TPSA) is 80.4 Å². The molecule has 1 atom stereocenters. The Kier molecular flexibility index (Phi) is 1.73. The summed E-state index contributed by atoms with van der Waals surface area (Å²) >= 11 is 0. The van der Waals surface area contributed by atoms with E-state index in [-0.39, 0.29) is 5.69 Å². The second-order valence-electron chi connectivity index (χ2n) is 3.24. The zero-order chi connectivity index (χ0) is 10.3. The number of carboxylic acids is 1. The normalized spacial score (nSPS) is 18.1. The lowest BCUT2D eigenvalue weighted by atomic mass is 9.77. The van der Waals surface area contributed by atoms with Crippen LogP contribution in [0.3, 0.4) is 0 Å². The van der Waals surface area contributed by atoms with E-state index >= 15 is 0 Å². The molecule has 0 saturated carbocycles. The molecular formula is C9H7NO4. The minimum Gasteiger partial charge on any atom is -0.481 e. The molecule has 0 saturated heterocycles. The smallest absolute Gasteiger partial charge is 0.311 e. The molecule has 5 heteroatoms. The summed E-state index contributed by atoms with van der Waals surface area (Å²) < 4.78 is 0. The van der Waals surface area contributed by atoms with Crippen LogP contribution in [0.5, 0.6) is 0 Å². The molecule has 0 amide bonds. The Hall–Kier alpha value is -1.91. The maximum absolute atomic E-state index is 10.6. The molecule has 1 aliphatic rings. The van der Waals surface area contributed by atoms with Crippen molar-refractivity contribution in [1.29, 1.82) is 0 Å². The standard InChI is InChI=1S/C9H7NO4/c11-9(12)8-4-5-3-6(10(13)14)1-2-7(5)8/h1-3,8H,4H2,(H,11,12). The van der Waals surface area contributed by atoms with Gasteiger partial charge in [-0.1, -0.05) is 6.07 Å². The lowest BCUT2D eigenvalue weighted by Gasteiger charge is -2.25.